The van der Waals surface area contributed by atoms with Gasteiger partial charge in [-0.15, -0.1) is 0 Å². The number of ether oxygens (including phenoxy) is 1. The molecule has 0 spiro atoms. The lowest BCUT2D eigenvalue weighted by Gasteiger charge is -2.09. The molecule has 23 heavy (non-hydrogen) atoms. The Morgan fingerprint density at radius 1 is 1.04 bits per heavy atom. The van der Waals surface area contributed by atoms with E-state index in [1.807, 2.05) is 54.6 Å². The van der Waals surface area contributed by atoms with Gasteiger partial charge in [-0.05, 0) is 47.9 Å². The average molecular weight is 347 g/mol. The Kier molecular flexibility index (Phi) is 6.45. The molecule has 0 atom stereocenters. The van der Waals surface area contributed by atoms with E-state index in [1.165, 1.54) is 6.08 Å². The van der Waals surface area contributed by atoms with E-state index >= 15 is 0 Å². The summed E-state index contributed by atoms with van der Waals surface area (Å²) in [5.74, 6) is -0.375. The largest absolute Gasteiger partial charge is 0.463 e. The molecule has 118 valence electrons. The number of halogens is 2. The molecule has 0 radical (unpaired) electrons. The second-order valence-electron chi connectivity index (χ2n) is 4.71. The topological polar surface area (TPSA) is 26.3 Å². The molecule has 0 aromatic heterocycles. The van der Waals surface area contributed by atoms with Gasteiger partial charge in [-0.25, -0.2) is 4.79 Å². The van der Waals surface area contributed by atoms with Gasteiger partial charge in [-0.1, -0.05) is 59.6 Å². The predicted molar refractivity (Wildman–Crippen MR) is 95.8 cm³/mol. The average Bonchev–Trinajstić information content (AvgIpc) is 2.52. The van der Waals surface area contributed by atoms with Crippen molar-refractivity contribution < 1.29 is 9.53 Å². The number of hydrogen-bond acceptors (Lipinski definition) is 2. The van der Waals surface area contributed by atoms with Crippen molar-refractivity contribution in [3.8, 4) is 0 Å². The van der Waals surface area contributed by atoms with E-state index in [9.17, 15) is 4.79 Å². The van der Waals surface area contributed by atoms with Crippen molar-refractivity contribution in [3.63, 3.8) is 0 Å². The van der Waals surface area contributed by atoms with Crippen molar-refractivity contribution in [2.75, 3.05) is 6.61 Å². The highest BCUT2D eigenvalue weighted by Gasteiger charge is 2.06. The molecular formula is C19H16Cl2O2. The van der Waals surface area contributed by atoms with Crippen LogP contribution in [0.5, 0.6) is 0 Å². The maximum atomic E-state index is 11.4. The maximum absolute atomic E-state index is 11.4. The summed E-state index contributed by atoms with van der Waals surface area (Å²) in [6, 6.07) is 15.0. The fraction of sp³-hybridized carbons (Fsp3) is 0.105. The molecule has 0 aliphatic heterocycles. The van der Waals surface area contributed by atoms with E-state index < -0.39 is 0 Å². The molecule has 0 aliphatic carbocycles. The van der Waals surface area contributed by atoms with Gasteiger partial charge in [-0.2, -0.15) is 0 Å². The third kappa shape index (κ3) is 5.27. The van der Waals surface area contributed by atoms with Gasteiger partial charge < -0.3 is 4.74 Å². The van der Waals surface area contributed by atoms with Crippen LogP contribution in [-0.4, -0.2) is 12.6 Å². The third-order valence-corrected chi connectivity index (χ3v) is 3.52. The van der Waals surface area contributed by atoms with Crippen LogP contribution in [0, 0.1) is 0 Å². The second-order valence-corrected chi connectivity index (χ2v) is 5.59. The van der Waals surface area contributed by atoms with Crippen molar-refractivity contribution in [1.29, 1.82) is 0 Å². The summed E-state index contributed by atoms with van der Waals surface area (Å²) in [5, 5.41) is 1.29. The van der Waals surface area contributed by atoms with E-state index in [0.29, 0.717) is 16.7 Å². The zero-order valence-corrected chi connectivity index (χ0v) is 14.1. The van der Waals surface area contributed by atoms with Crippen LogP contribution in [0.15, 0.2) is 66.8 Å². The van der Waals surface area contributed by atoms with E-state index in [1.54, 1.807) is 13.0 Å². The SMILES string of the molecule is CCOC(=O)/C=C/C=C(c1cccc(Cl)c1)c1cccc(Cl)c1. The molecule has 0 saturated heterocycles. The highest BCUT2D eigenvalue weighted by Crippen LogP contribution is 2.27. The van der Waals surface area contributed by atoms with Crippen LogP contribution in [0.4, 0.5) is 0 Å². The van der Waals surface area contributed by atoms with Gasteiger partial charge in [0.25, 0.3) is 0 Å². The van der Waals surface area contributed by atoms with Crippen molar-refractivity contribution in [1.82, 2.24) is 0 Å². The molecule has 4 heteroatoms. The van der Waals surface area contributed by atoms with E-state index in [0.717, 1.165) is 16.7 Å². The minimum atomic E-state index is -0.375. The quantitative estimate of drug-likeness (QED) is 0.403. The molecule has 2 nitrogen and oxygen atoms in total. The summed E-state index contributed by atoms with van der Waals surface area (Å²) in [7, 11) is 0. The molecular weight excluding hydrogens is 331 g/mol. The molecule has 2 rings (SSSR count). The van der Waals surface area contributed by atoms with Gasteiger partial charge in [-0.3, -0.25) is 0 Å². The van der Waals surface area contributed by atoms with Crippen LogP contribution in [0.2, 0.25) is 10.0 Å². The molecule has 2 aromatic carbocycles. The molecule has 0 amide bonds. The van der Waals surface area contributed by atoms with Gasteiger partial charge in [0.2, 0.25) is 0 Å². The molecule has 0 saturated carbocycles. The predicted octanol–water partition coefficient (Wildman–Crippen LogP) is 5.54. The van der Waals surface area contributed by atoms with Crippen LogP contribution in [0.25, 0.3) is 5.57 Å². The number of allylic oxidation sites excluding steroid dienone is 2. The number of carbonyl (C=O) groups excluding carboxylic acids is 1. The van der Waals surface area contributed by atoms with Crippen LogP contribution < -0.4 is 0 Å². The standard InChI is InChI=1S/C19H16Cl2O2/c1-2-23-19(22)11-5-10-18(14-6-3-8-16(20)12-14)15-7-4-9-17(21)13-15/h3-13H,2H2,1H3/b11-5+. The highest BCUT2D eigenvalue weighted by atomic mass is 35.5. The highest BCUT2D eigenvalue weighted by molar-refractivity contribution is 6.31. The van der Waals surface area contributed by atoms with Crippen LogP contribution in [0.1, 0.15) is 18.1 Å². The Bertz CT molecular complexity index is 701. The van der Waals surface area contributed by atoms with Gasteiger partial charge in [0, 0.05) is 16.1 Å². The van der Waals surface area contributed by atoms with Gasteiger partial charge in [0.1, 0.15) is 0 Å². The van der Waals surface area contributed by atoms with Crippen LogP contribution >= 0.6 is 23.2 Å². The minimum absolute atomic E-state index is 0.350. The summed E-state index contributed by atoms with van der Waals surface area (Å²) in [4.78, 5) is 11.4. The summed E-state index contributed by atoms with van der Waals surface area (Å²) < 4.78 is 4.88. The second kappa shape index (κ2) is 8.56. The van der Waals surface area contributed by atoms with E-state index in [4.69, 9.17) is 27.9 Å². The van der Waals surface area contributed by atoms with Gasteiger partial charge in [0.15, 0.2) is 0 Å². The van der Waals surface area contributed by atoms with E-state index in [2.05, 4.69) is 0 Å². The lowest BCUT2D eigenvalue weighted by Crippen LogP contribution is -1.98. The first kappa shape index (κ1) is 17.3. The van der Waals surface area contributed by atoms with Crippen molar-refractivity contribution >= 4 is 34.7 Å². The molecule has 2 aromatic rings. The number of esters is 1. The molecule has 0 unspecified atom stereocenters. The van der Waals surface area contributed by atoms with Gasteiger partial charge in [0.05, 0.1) is 6.61 Å². The Morgan fingerprint density at radius 3 is 2.09 bits per heavy atom. The molecule has 0 N–H and O–H groups in total. The summed E-state index contributed by atoms with van der Waals surface area (Å²) in [5.41, 5.74) is 2.79. The van der Waals surface area contributed by atoms with Crippen LogP contribution in [-0.2, 0) is 9.53 Å². The normalized spacial score (nSPS) is 10.6. The monoisotopic (exact) mass is 346 g/mol. The number of rotatable bonds is 5. The first-order valence-corrected chi connectivity index (χ1v) is 7.92. The van der Waals surface area contributed by atoms with E-state index in [-0.39, 0.29) is 5.97 Å². The van der Waals surface area contributed by atoms with Crippen molar-refractivity contribution in [2.45, 2.75) is 6.92 Å². The number of benzene rings is 2. The number of carbonyl (C=O) groups is 1. The molecule has 0 heterocycles. The summed E-state index contributed by atoms with van der Waals surface area (Å²) in [6.45, 7) is 2.12. The van der Waals surface area contributed by atoms with Gasteiger partial charge >= 0.3 is 5.97 Å². The van der Waals surface area contributed by atoms with Crippen molar-refractivity contribution in [3.05, 3.63) is 87.9 Å². The lowest BCUT2D eigenvalue weighted by molar-refractivity contribution is -0.137. The smallest absolute Gasteiger partial charge is 0.330 e. The molecule has 0 bridgehead atoms. The van der Waals surface area contributed by atoms with Crippen LogP contribution in [0.3, 0.4) is 0 Å². The zero-order chi connectivity index (χ0) is 16.7. The fourth-order valence-corrected chi connectivity index (χ4v) is 2.46. The fourth-order valence-electron chi connectivity index (χ4n) is 2.08. The first-order chi connectivity index (χ1) is 11.1. The Morgan fingerprint density at radius 2 is 1.61 bits per heavy atom. The number of hydrogen-bond donors (Lipinski definition) is 0. The third-order valence-electron chi connectivity index (χ3n) is 3.05. The first-order valence-electron chi connectivity index (χ1n) is 7.17. The Labute approximate surface area is 146 Å². The lowest BCUT2D eigenvalue weighted by atomic mass is 9.97. The summed E-state index contributed by atoms with van der Waals surface area (Å²) in [6.07, 6.45) is 4.89. The Balaban J connectivity index is 2.41. The minimum Gasteiger partial charge on any atom is -0.463 e. The maximum Gasteiger partial charge on any atom is 0.330 e. The van der Waals surface area contributed by atoms with Crippen molar-refractivity contribution in [2.24, 2.45) is 0 Å². The Hall–Kier alpha value is -2.03. The zero-order valence-electron chi connectivity index (χ0n) is 12.6. The molecule has 0 aliphatic rings. The summed E-state index contributed by atoms with van der Waals surface area (Å²) >= 11 is 12.2. The molecule has 0 fully saturated rings.